The zero-order chi connectivity index (χ0) is 9.53. The Kier molecular flexibility index (Phi) is 1.96. The Balaban J connectivity index is 2.25. The number of aldehydes is 1. The Hall–Kier alpha value is -0.420. The van der Waals surface area contributed by atoms with E-state index in [1.54, 1.807) is 0 Å². The van der Waals surface area contributed by atoms with Gasteiger partial charge in [-0.15, -0.1) is 0 Å². The van der Waals surface area contributed by atoms with Crippen LogP contribution in [0.2, 0.25) is 0 Å². The highest BCUT2D eigenvalue weighted by atomic mass is 32.2. The summed E-state index contributed by atoms with van der Waals surface area (Å²) >= 11 is 0. The van der Waals surface area contributed by atoms with Crippen LogP contribution in [0.3, 0.4) is 0 Å². The van der Waals surface area contributed by atoms with Crippen molar-refractivity contribution in [2.75, 3.05) is 13.1 Å². The second-order valence-corrected chi connectivity index (χ2v) is 6.07. The Morgan fingerprint density at radius 3 is 2.08 bits per heavy atom. The molecule has 1 aliphatic carbocycles. The number of sulfonamides is 1. The van der Waals surface area contributed by atoms with E-state index in [1.165, 1.54) is 4.31 Å². The van der Waals surface area contributed by atoms with Gasteiger partial charge in [-0.05, 0) is 25.7 Å². The lowest BCUT2D eigenvalue weighted by molar-refractivity contribution is -0.108. The van der Waals surface area contributed by atoms with Gasteiger partial charge >= 0.3 is 0 Å². The van der Waals surface area contributed by atoms with E-state index in [1.807, 2.05) is 0 Å². The van der Waals surface area contributed by atoms with E-state index < -0.39 is 14.8 Å². The molecule has 1 aliphatic heterocycles. The molecular weight excluding hydrogens is 190 g/mol. The van der Waals surface area contributed by atoms with Crippen LogP contribution < -0.4 is 0 Å². The second kappa shape index (κ2) is 2.78. The molecule has 0 atom stereocenters. The van der Waals surface area contributed by atoms with Crippen molar-refractivity contribution in [3.05, 3.63) is 0 Å². The first-order chi connectivity index (χ1) is 6.12. The number of nitrogens with zero attached hydrogens (tertiary/aromatic N) is 1. The molecule has 0 aromatic heterocycles. The van der Waals surface area contributed by atoms with Gasteiger partial charge in [0.25, 0.3) is 0 Å². The van der Waals surface area contributed by atoms with E-state index in [2.05, 4.69) is 0 Å². The largest absolute Gasteiger partial charge is 0.302 e. The van der Waals surface area contributed by atoms with Crippen molar-refractivity contribution in [2.45, 2.75) is 30.4 Å². The lowest BCUT2D eigenvalue weighted by Crippen LogP contribution is -2.39. The Bertz CT molecular complexity index is 312. The SMILES string of the molecule is O=CC1(S(=O)(=O)N2CCCC2)CC1. The second-order valence-electron chi connectivity index (χ2n) is 3.79. The molecule has 1 saturated heterocycles. The average molecular weight is 203 g/mol. The quantitative estimate of drug-likeness (QED) is 0.613. The number of rotatable bonds is 3. The summed E-state index contributed by atoms with van der Waals surface area (Å²) in [4.78, 5) is 10.7. The Morgan fingerprint density at radius 1 is 1.15 bits per heavy atom. The summed E-state index contributed by atoms with van der Waals surface area (Å²) in [5.41, 5.74) is 0. The van der Waals surface area contributed by atoms with Crippen LogP contribution in [0.15, 0.2) is 0 Å². The van der Waals surface area contributed by atoms with E-state index >= 15 is 0 Å². The maximum absolute atomic E-state index is 11.8. The van der Waals surface area contributed by atoms with Gasteiger partial charge in [0, 0.05) is 13.1 Å². The normalized spacial score (nSPS) is 27.4. The van der Waals surface area contributed by atoms with Crippen molar-refractivity contribution in [3.63, 3.8) is 0 Å². The summed E-state index contributed by atoms with van der Waals surface area (Å²) in [7, 11) is -3.31. The smallest absolute Gasteiger partial charge is 0.226 e. The molecule has 1 saturated carbocycles. The molecule has 0 unspecified atom stereocenters. The molecule has 2 aliphatic rings. The predicted molar refractivity (Wildman–Crippen MR) is 47.8 cm³/mol. The minimum Gasteiger partial charge on any atom is -0.302 e. The molecule has 74 valence electrons. The molecule has 5 heteroatoms. The molecule has 13 heavy (non-hydrogen) atoms. The fourth-order valence-corrected chi connectivity index (χ4v) is 3.74. The summed E-state index contributed by atoms with van der Waals surface area (Å²) < 4.78 is 24.1. The lowest BCUT2D eigenvalue weighted by Gasteiger charge is -2.19. The predicted octanol–water partition coefficient (Wildman–Crippen LogP) is 0.143. The molecule has 1 heterocycles. The molecule has 0 aromatic carbocycles. The van der Waals surface area contributed by atoms with Crippen molar-refractivity contribution in [3.8, 4) is 0 Å². The van der Waals surface area contributed by atoms with Gasteiger partial charge in [0.1, 0.15) is 11.0 Å². The van der Waals surface area contributed by atoms with Gasteiger partial charge < -0.3 is 4.79 Å². The highest BCUT2D eigenvalue weighted by Gasteiger charge is 2.57. The number of hydrogen-bond acceptors (Lipinski definition) is 3. The van der Waals surface area contributed by atoms with E-state index in [0.29, 0.717) is 32.2 Å². The first-order valence-electron chi connectivity index (χ1n) is 4.58. The Morgan fingerprint density at radius 2 is 1.69 bits per heavy atom. The van der Waals surface area contributed by atoms with Crippen LogP contribution in [0, 0.1) is 0 Å². The van der Waals surface area contributed by atoms with Gasteiger partial charge in [-0.2, -0.15) is 0 Å². The molecule has 2 fully saturated rings. The molecule has 2 rings (SSSR count). The van der Waals surface area contributed by atoms with E-state index in [0.717, 1.165) is 12.8 Å². The Labute approximate surface area is 78.0 Å². The zero-order valence-corrected chi connectivity index (χ0v) is 8.22. The van der Waals surface area contributed by atoms with Crippen molar-refractivity contribution < 1.29 is 13.2 Å². The maximum Gasteiger partial charge on any atom is 0.226 e. The topological polar surface area (TPSA) is 54.5 Å². The van der Waals surface area contributed by atoms with Gasteiger partial charge in [0.05, 0.1) is 0 Å². The van der Waals surface area contributed by atoms with Crippen molar-refractivity contribution in [2.24, 2.45) is 0 Å². The minimum atomic E-state index is -3.31. The highest BCUT2D eigenvalue weighted by molar-refractivity contribution is 7.91. The molecule has 0 spiro atoms. The monoisotopic (exact) mass is 203 g/mol. The third-order valence-electron chi connectivity index (χ3n) is 2.88. The van der Waals surface area contributed by atoms with E-state index in [9.17, 15) is 13.2 Å². The third-order valence-corrected chi connectivity index (χ3v) is 5.45. The van der Waals surface area contributed by atoms with Gasteiger partial charge in [0.2, 0.25) is 10.0 Å². The van der Waals surface area contributed by atoms with E-state index in [4.69, 9.17) is 0 Å². The van der Waals surface area contributed by atoms with Crippen LogP contribution >= 0.6 is 0 Å². The van der Waals surface area contributed by atoms with Crippen LogP contribution in [0.1, 0.15) is 25.7 Å². The molecule has 0 amide bonds. The molecular formula is C8H13NO3S. The molecule has 0 bridgehead atoms. The van der Waals surface area contributed by atoms with E-state index in [-0.39, 0.29) is 0 Å². The molecule has 4 nitrogen and oxygen atoms in total. The standard InChI is InChI=1S/C8H13NO3S/c10-7-8(3-4-8)13(11,12)9-5-1-2-6-9/h7H,1-6H2. The minimum absolute atomic E-state index is 0.509. The first-order valence-corrected chi connectivity index (χ1v) is 6.02. The fraction of sp³-hybridized carbons (Fsp3) is 0.875. The van der Waals surface area contributed by atoms with Crippen molar-refractivity contribution >= 4 is 16.3 Å². The van der Waals surface area contributed by atoms with Crippen LogP contribution in [0.5, 0.6) is 0 Å². The van der Waals surface area contributed by atoms with Crippen LogP contribution in [-0.2, 0) is 14.8 Å². The number of carbonyl (C=O) groups is 1. The van der Waals surface area contributed by atoms with Crippen molar-refractivity contribution in [1.82, 2.24) is 4.31 Å². The first kappa shape index (κ1) is 9.15. The molecule has 0 N–H and O–H groups in total. The number of carbonyl (C=O) groups excluding carboxylic acids is 1. The summed E-state index contributed by atoms with van der Waals surface area (Å²) in [5, 5.41) is 0. The van der Waals surface area contributed by atoms with Crippen LogP contribution in [0.4, 0.5) is 0 Å². The van der Waals surface area contributed by atoms with Gasteiger partial charge in [-0.25, -0.2) is 12.7 Å². The van der Waals surface area contributed by atoms with Crippen LogP contribution in [-0.4, -0.2) is 36.8 Å². The lowest BCUT2D eigenvalue weighted by atomic mass is 10.4. The summed E-state index contributed by atoms with van der Waals surface area (Å²) in [5.74, 6) is 0. The number of hydrogen-bond donors (Lipinski definition) is 0. The van der Waals surface area contributed by atoms with Gasteiger partial charge in [-0.1, -0.05) is 0 Å². The summed E-state index contributed by atoms with van der Waals surface area (Å²) in [6, 6.07) is 0. The zero-order valence-electron chi connectivity index (χ0n) is 7.40. The summed E-state index contributed by atoms with van der Waals surface area (Å²) in [6.07, 6.45) is 3.48. The summed E-state index contributed by atoms with van der Waals surface area (Å²) in [6.45, 7) is 1.19. The molecule has 0 radical (unpaired) electrons. The van der Waals surface area contributed by atoms with Gasteiger partial charge in [0.15, 0.2) is 0 Å². The van der Waals surface area contributed by atoms with Gasteiger partial charge in [-0.3, -0.25) is 0 Å². The molecule has 0 aromatic rings. The fourth-order valence-electron chi connectivity index (χ4n) is 1.75. The highest BCUT2D eigenvalue weighted by Crippen LogP contribution is 2.43. The third kappa shape index (κ3) is 1.21. The van der Waals surface area contributed by atoms with Crippen LogP contribution in [0.25, 0.3) is 0 Å². The van der Waals surface area contributed by atoms with Crippen molar-refractivity contribution in [1.29, 1.82) is 0 Å². The average Bonchev–Trinajstić information content (AvgIpc) is 2.72. The maximum atomic E-state index is 11.8.